The minimum absolute atomic E-state index is 0.0127. The molecule has 0 saturated carbocycles. The van der Waals surface area contributed by atoms with E-state index in [9.17, 15) is 13.2 Å². The van der Waals surface area contributed by atoms with Crippen molar-refractivity contribution in [2.24, 2.45) is 10.8 Å². The predicted octanol–water partition coefficient (Wildman–Crippen LogP) is 3.98. The van der Waals surface area contributed by atoms with Crippen LogP contribution in [0.2, 0.25) is 0 Å². The van der Waals surface area contributed by atoms with Gasteiger partial charge in [0.15, 0.2) is 0 Å². The lowest BCUT2D eigenvalue weighted by Crippen LogP contribution is -2.47. The number of rotatable bonds is 3. The number of nitriles is 1. The van der Waals surface area contributed by atoms with Gasteiger partial charge in [-0.05, 0) is 36.8 Å². The van der Waals surface area contributed by atoms with E-state index < -0.39 is 12.6 Å². The second-order valence-electron chi connectivity index (χ2n) is 6.57. The van der Waals surface area contributed by atoms with Gasteiger partial charge in [-0.1, -0.05) is 20.8 Å². The van der Waals surface area contributed by atoms with Gasteiger partial charge >= 0.3 is 6.18 Å². The van der Waals surface area contributed by atoms with Gasteiger partial charge in [-0.3, -0.25) is 0 Å². The first kappa shape index (κ1) is 16.3. The van der Waals surface area contributed by atoms with E-state index in [4.69, 9.17) is 5.26 Å². The van der Waals surface area contributed by atoms with Gasteiger partial charge < -0.3 is 4.90 Å². The van der Waals surface area contributed by atoms with E-state index in [-0.39, 0.29) is 17.4 Å². The van der Waals surface area contributed by atoms with Gasteiger partial charge in [0.2, 0.25) is 0 Å². The maximum absolute atomic E-state index is 12.2. The SMILES string of the molecule is CC(C)(C)C1(CC#N)CCN(CCC(F)(F)F)CC1. The van der Waals surface area contributed by atoms with Crippen molar-refractivity contribution in [3.63, 3.8) is 0 Å². The molecule has 0 radical (unpaired) electrons. The highest BCUT2D eigenvalue weighted by Gasteiger charge is 2.44. The molecule has 0 N–H and O–H groups in total. The largest absolute Gasteiger partial charge is 0.390 e. The van der Waals surface area contributed by atoms with Gasteiger partial charge in [0.1, 0.15) is 0 Å². The highest BCUT2D eigenvalue weighted by molar-refractivity contribution is 4.99. The fourth-order valence-corrected chi connectivity index (χ4v) is 2.83. The smallest absolute Gasteiger partial charge is 0.303 e. The average Bonchev–Trinajstić information content (AvgIpc) is 2.26. The van der Waals surface area contributed by atoms with E-state index in [2.05, 4.69) is 26.8 Å². The average molecular weight is 276 g/mol. The van der Waals surface area contributed by atoms with E-state index in [0.717, 1.165) is 12.8 Å². The van der Waals surface area contributed by atoms with Crippen LogP contribution in [0.15, 0.2) is 0 Å². The molecule has 0 bridgehead atoms. The van der Waals surface area contributed by atoms with Crippen LogP contribution in [-0.2, 0) is 0 Å². The summed E-state index contributed by atoms with van der Waals surface area (Å²) in [6, 6.07) is 2.26. The third-order valence-electron chi connectivity index (χ3n) is 4.53. The molecule has 2 nitrogen and oxygen atoms in total. The Morgan fingerprint density at radius 3 is 2.05 bits per heavy atom. The Balaban J connectivity index is 2.57. The summed E-state index contributed by atoms with van der Waals surface area (Å²) in [6.45, 7) is 7.77. The number of alkyl halides is 3. The summed E-state index contributed by atoms with van der Waals surface area (Å²) in [4.78, 5) is 1.87. The lowest BCUT2D eigenvalue weighted by atomic mass is 9.60. The molecule has 0 aromatic rings. The molecule has 19 heavy (non-hydrogen) atoms. The van der Waals surface area contributed by atoms with Crippen molar-refractivity contribution in [1.29, 1.82) is 5.26 Å². The molecule has 1 aliphatic heterocycles. The fourth-order valence-electron chi connectivity index (χ4n) is 2.83. The third kappa shape index (κ3) is 4.38. The first-order valence-electron chi connectivity index (χ1n) is 6.76. The number of likely N-dealkylation sites (tertiary alicyclic amines) is 1. The van der Waals surface area contributed by atoms with Crippen molar-refractivity contribution < 1.29 is 13.2 Å². The van der Waals surface area contributed by atoms with Crippen LogP contribution < -0.4 is 0 Å². The van der Waals surface area contributed by atoms with Crippen LogP contribution in [-0.4, -0.2) is 30.7 Å². The molecule has 5 heteroatoms. The van der Waals surface area contributed by atoms with Crippen LogP contribution >= 0.6 is 0 Å². The van der Waals surface area contributed by atoms with E-state index in [1.807, 2.05) is 4.90 Å². The summed E-state index contributed by atoms with van der Waals surface area (Å²) in [6.07, 6.45) is -2.72. The normalized spacial score (nSPS) is 21.1. The van der Waals surface area contributed by atoms with Crippen molar-refractivity contribution in [3.05, 3.63) is 0 Å². The second kappa shape index (κ2) is 5.70. The molecule has 1 heterocycles. The lowest BCUT2D eigenvalue weighted by Gasteiger charge is -2.49. The summed E-state index contributed by atoms with van der Waals surface area (Å²) < 4.78 is 36.6. The van der Waals surface area contributed by atoms with Gasteiger partial charge in [-0.25, -0.2) is 0 Å². The Labute approximate surface area is 113 Å². The van der Waals surface area contributed by atoms with Crippen LogP contribution in [0.3, 0.4) is 0 Å². The quantitative estimate of drug-likeness (QED) is 0.779. The predicted molar refractivity (Wildman–Crippen MR) is 68.5 cm³/mol. The standard InChI is InChI=1S/C14H23F3N2/c1-12(2,3)13(4-8-18)5-9-19(10-6-13)11-7-14(15,16)17/h4-7,9-11H2,1-3H3. The number of nitrogens with zero attached hydrogens (tertiary/aromatic N) is 2. The molecule has 1 saturated heterocycles. The van der Waals surface area contributed by atoms with Gasteiger partial charge in [-0.15, -0.1) is 0 Å². The van der Waals surface area contributed by atoms with E-state index >= 15 is 0 Å². The van der Waals surface area contributed by atoms with Gasteiger partial charge in [-0.2, -0.15) is 18.4 Å². The van der Waals surface area contributed by atoms with Crippen molar-refractivity contribution in [3.8, 4) is 6.07 Å². The maximum Gasteiger partial charge on any atom is 0.390 e. The molecule has 110 valence electrons. The molecule has 0 spiro atoms. The van der Waals surface area contributed by atoms with Gasteiger partial charge in [0, 0.05) is 13.0 Å². The highest BCUT2D eigenvalue weighted by atomic mass is 19.4. The minimum atomic E-state index is -4.08. The minimum Gasteiger partial charge on any atom is -0.303 e. The number of halogens is 3. The first-order chi connectivity index (χ1) is 8.60. The van der Waals surface area contributed by atoms with E-state index in [1.54, 1.807) is 0 Å². The first-order valence-corrected chi connectivity index (χ1v) is 6.76. The van der Waals surface area contributed by atoms with Crippen LogP contribution in [0.5, 0.6) is 0 Å². The topological polar surface area (TPSA) is 27.0 Å². The van der Waals surface area contributed by atoms with Crippen LogP contribution in [0.1, 0.15) is 46.5 Å². The van der Waals surface area contributed by atoms with Crippen molar-refractivity contribution in [2.45, 2.75) is 52.6 Å². The van der Waals surface area contributed by atoms with Crippen molar-refractivity contribution in [1.82, 2.24) is 4.90 Å². The molecule has 1 fully saturated rings. The summed E-state index contributed by atoms with van der Waals surface area (Å²) in [5.74, 6) is 0. The van der Waals surface area contributed by atoms with Gasteiger partial charge in [0.25, 0.3) is 0 Å². The highest BCUT2D eigenvalue weighted by Crippen LogP contribution is 2.49. The van der Waals surface area contributed by atoms with Gasteiger partial charge in [0.05, 0.1) is 12.5 Å². The van der Waals surface area contributed by atoms with E-state index in [1.165, 1.54) is 0 Å². The molecule has 0 unspecified atom stereocenters. The number of hydrogen-bond donors (Lipinski definition) is 0. The summed E-state index contributed by atoms with van der Waals surface area (Å²) in [7, 11) is 0. The zero-order valence-electron chi connectivity index (χ0n) is 12.0. The Morgan fingerprint density at radius 2 is 1.68 bits per heavy atom. The molecular formula is C14H23F3N2. The van der Waals surface area contributed by atoms with Crippen LogP contribution in [0.4, 0.5) is 13.2 Å². The molecule has 1 aliphatic rings. The molecule has 0 aromatic carbocycles. The third-order valence-corrected chi connectivity index (χ3v) is 4.53. The lowest BCUT2D eigenvalue weighted by molar-refractivity contribution is -0.139. The molecule has 0 aromatic heterocycles. The van der Waals surface area contributed by atoms with Crippen LogP contribution in [0.25, 0.3) is 0 Å². The Hall–Kier alpha value is -0.760. The number of piperidine rings is 1. The Bertz CT molecular complexity index is 328. The second-order valence-corrected chi connectivity index (χ2v) is 6.57. The molecule has 0 amide bonds. The van der Waals surface area contributed by atoms with Crippen molar-refractivity contribution in [2.75, 3.05) is 19.6 Å². The fraction of sp³-hybridized carbons (Fsp3) is 0.929. The zero-order chi connectivity index (χ0) is 14.7. The Kier molecular flexibility index (Phi) is 4.89. The number of hydrogen-bond acceptors (Lipinski definition) is 2. The summed E-state index contributed by atoms with van der Waals surface area (Å²) >= 11 is 0. The van der Waals surface area contributed by atoms with Crippen molar-refractivity contribution >= 4 is 0 Å². The van der Waals surface area contributed by atoms with E-state index in [0.29, 0.717) is 19.5 Å². The molecule has 0 aliphatic carbocycles. The monoisotopic (exact) mass is 276 g/mol. The maximum atomic E-state index is 12.2. The Morgan fingerprint density at radius 1 is 1.16 bits per heavy atom. The zero-order valence-corrected chi connectivity index (χ0v) is 12.0. The molecule has 1 rings (SSSR count). The molecule has 0 atom stereocenters. The summed E-state index contributed by atoms with van der Waals surface area (Å²) in [5.41, 5.74) is -0.0463. The molecular weight excluding hydrogens is 253 g/mol. The summed E-state index contributed by atoms with van der Waals surface area (Å²) in [5, 5.41) is 9.01. The van der Waals surface area contributed by atoms with Crippen LogP contribution in [0, 0.1) is 22.2 Å².